The Morgan fingerprint density at radius 1 is 1.17 bits per heavy atom. The molecule has 0 aromatic carbocycles. The Bertz CT molecular complexity index is 630. The Kier molecular flexibility index (Phi) is 3.38. The molecular weight excluding hydrogens is 254 g/mol. The van der Waals surface area contributed by atoms with Crippen LogP contribution in [0.4, 0.5) is 11.6 Å². The molecule has 18 heavy (non-hydrogen) atoms. The van der Waals surface area contributed by atoms with Gasteiger partial charge in [0.2, 0.25) is 5.95 Å². The molecule has 0 fully saturated rings. The molecule has 0 saturated heterocycles. The number of nitrogens with zero attached hydrogens (tertiary/aromatic N) is 3. The van der Waals surface area contributed by atoms with Gasteiger partial charge in [-0.15, -0.1) is 0 Å². The Balaban J connectivity index is 2.37. The fraction of sp³-hybridized carbons (Fsp3) is 0.100. The van der Waals surface area contributed by atoms with Crippen LogP contribution in [0.5, 0.6) is 0 Å². The van der Waals surface area contributed by atoms with Gasteiger partial charge < -0.3 is 5.32 Å². The second-order valence-corrected chi connectivity index (χ2v) is 4.95. The maximum atomic E-state index is 12.1. The van der Waals surface area contributed by atoms with Crippen LogP contribution in [0.25, 0.3) is 0 Å². The molecule has 0 amide bonds. The van der Waals surface area contributed by atoms with Gasteiger partial charge in [0.15, 0.2) is 0 Å². The maximum Gasteiger partial charge on any atom is 0.267 e. The molecule has 0 saturated carbocycles. The maximum absolute atomic E-state index is 12.1. The summed E-state index contributed by atoms with van der Waals surface area (Å²) in [5, 5.41) is 2.79. The van der Waals surface area contributed by atoms with Crippen molar-refractivity contribution in [2.75, 3.05) is 17.1 Å². The Labute approximate surface area is 104 Å². The summed E-state index contributed by atoms with van der Waals surface area (Å²) in [4.78, 5) is 11.4. The lowest BCUT2D eigenvalue weighted by Crippen LogP contribution is -2.16. The van der Waals surface area contributed by atoms with Gasteiger partial charge in [-0.25, -0.2) is 23.1 Å². The third-order valence-corrected chi connectivity index (χ3v) is 3.49. The molecule has 2 aromatic rings. The third-order valence-electron chi connectivity index (χ3n) is 2.13. The minimum atomic E-state index is -3.76. The molecule has 2 aromatic heterocycles. The van der Waals surface area contributed by atoms with Crippen LogP contribution in [-0.4, -0.2) is 30.4 Å². The summed E-state index contributed by atoms with van der Waals surface area (Å²) in [6.45, 7) is 0. The Morgan fingerprint density at radius 2 is 1.89 bits per heavy atom. The first-order chi connectivity index (χ1) is 8.63. The monoisotopic (exact) mass is 265 g/mol. The molecule has 8 heteroatoms. The minimum Gasteiger partial charge on any atom is -0.387 e. The van der Waals surface area contributed by atoms with Crippen molar-refractivity contribution in [3.63, 3.8) is 0 Å². The zero-order valence-electron chi connectivity index (χ0n) is 9.53. The van der Waals surface area contributed by atoms with Gasteiger partial charge in [-0.05, 0) is 12.1 Å². The molecule has 2 N–H and O–H groups in total. The van der Waals surface area contributed by atoms with Gasteiger partial charge in [0.1, 0.15) is 4.90 Å². The molecule has 0 radical (unpaired) electrons. The fourth-order valence-electron chi connectivity index (χ4n) is 1.33. The summed E-state index contributed by atoms with van der Waals surface area (Å²) in [6.07, 6.45) is 5.67. The highest BCUT2D eigenvalue weighted by atomic mass is 32.2. The number of nitrogens with one attached hydrogen (secondary N) is 2. The van der Waals surface area contributed by atoms with E-state index < -0.39 is 10.0 Å². The molecule has 0 aliphatic carbocycles. The standard InChI is InChI=1S/C10H11N5O2S/c1-11-8-3-6-12-7-9(8)18(16,17)15-10-13-4-2-5-14-10/h2-7H,1H3,(H,11,12)(H,13,14,15). The van der Waals surface area contributed by atoms with Crippen molar-refractivity contribution in [2.24, 2.45) is 0 Å². The molecule has 94 valence electrons. The first-order valence-corrected chi connectivity index (χ1v) is 6.53. The van der Waals surface area contributed by atoms with E-state index in [0.29, 0.717) is 5.69 Å². The zero-order chi connectivity index (χ0) is 13.0. The van der Waals surface area contributed by atoms with Gasteiger partial charge in [0.25, 0.3) is 10.0 Å². The van der Waals surface area contributed by atoms with Crippen LogP contribution in [-0.2, 0) is 10.0 Å². The second kappa shape index (κ2) is 4.96. The van der Waals surface area contributed by atoms with Gasteiger partial charge in [-0.3, -0.25) is 4.98 Å². The topological polar surface area (TPSA) is 96.9 Å². The highest BCUT2D eigenvalue weighted by molar-refractivity contribution is 7.92. The predicted molar refractivity (Wildman–Crippen MR) is 66.6 cm³/mol. The number of rotatable bonds is 4. The average molecular weight is 265 g/mol. The SMILES string of the molecule is CNc1ccncc1S(=O)(=O)Nc1ncccn1. The lowest BCUT2D eigenvalue weighted by molar-refractivity contribution is 0.600. The van der Waals surface area contributed by atoms with Crippen molar-refractivity contribution >= 4 is 21.7 Å². The molecule has 0 aliphatic rings. The van der Waals surface area contributed by atoms with Crippen molar-refractivity contribution in [3.8, 4) is 0 Å². The largest absolute Gasteiger partial charge is 0.387 e. The fourth-order valence-corrected chi connectivity index (χ4v) is 2.44. The lowest BCUT2D eigenvalue weighted by atomic mass is 10.4. The van der Waals surface area contributed by atoms with E-state index in [0.717, 1.165) is 0 Å². The summed E-state index contributed by atoms with van der Waals surface area (Å²) in [7, 11) is -2.12. The normalized spacial score (nSPS) is 10.9. The number of sulfonamides is 1. The molecular formula is C10H11N5O2S. The van der Waals surface area contributed by atoms with E-state index in [1.54, 1.807) is 19.2 Å². The molecule has 0 unspecified atom stereocenters. The van der Waals surface area contributed by atoms with Gasteiger partial charge >= 0.3 is 0 Å². The van der Waals surface area contributed by atoms with E-state index in [1.165, 1.54) is 24.8 Å². The predicted octanol–water partition coefficient (Wildman–Crippen LogP) is 0.714. The first kappa shape index (κ1) is 12.2. The molecule has 0 aliphatic heterocycles. The van der Waals surface area contributed by atoms with Gasteiger partial charge in [-0.1, -0.05) is 0 Å². The van der Waals surface area contributed by atoms with Crippen molar-refractivity contribution in [3.05, 3.63) is 36.9 Å². The molecule has 7 nitrogen and oxygen atoms in total. The molecule has 0 atom stereocenters. The van der Waals surface area contributed by atoms with Crippen LogP contribution in [0.2, 0.25) is 0 Å². The number of pyridine rings is 1. The Morgan fingerprint density at radius 3 is 2.56 bits per heavy atom. The molecule has 0 bridgehead atoms. The highest BCUT2D eigenvalue weighted by Gasteiger charge is 2.19. The van der Waals surface area contributed by atoms with Crippen LogP contribution in [0.3, 0.4) is 0 Å². The van der Waals surface area contributed by atoms with Gasteiger partial charge in [0, 0.05) is 31.8 Å². The minimum absolute atomic E-state index is 0.0170. The van der Waals surface area contributed by atoms with E-state index in [1.807, 2.05) is 0 Å². The summed E-state index contributed by atoms with van der Waals surface area (Å²) < 4.78 is 26.5. The van der Waals surface area contributed by atoms with Crippen molar-refractivity contribution in [1.29, 1.82) is 0 Å². The molecule has 2 rings (SSSR count). The van der Waals surface area contributed by atoms with Gasteiger partial charge in [-0.2, -0.15) is 0 Å². The molecule has 2 heterocycles. The summed E-state index contributed by atoms with van der Waals surface area (Å²) in [5.41, 5.74) is 0.452. The van der Waals surface area contributed by atoms with Crippen LogP contribution in [0.15, 0.2) is 41.8 Å². The van der Waals surface area contributed by atoms with Crippen molar-refractivity contribution < 1.29 is 8.42 Å². The second-order valence-electron chi connectivity index (χ2n) is 3.30. The molecule has 0 spiro atoms. The number of hydrogen-bond donors (Lipinski definition) is 2. The van der Waals surface area contributed by atoms with E-state index in [-0.39, 0.29) is 10.8 Å². The summed E-state index contributed by atoms with van der Waals surface area (Å²) in [5.74, 6) is 0.0170. The van der Waals surface area contributed by atoms with Gasteiger partial charge in [0.05, 0.1) is 5.69 Å². The lowest BCUT2D eigenvalue weighted by Gasteiger charge is -2.09. The van der Waals surface area contributed by atoms with E-state index in [4.69, 9.17) is 0 Å². The van der Waals surface area contributed by atoms with Crippen molar-refractivity contribution in [2.45, 2.75) is 4.90 Å². The average Bonchev–Trinajstić information content (AvgIpc) is 2.39. The van der Waals surface area contributed by atoms with Crippen LogP contribution < -0.4 is 10.0 Å². The quantitative estimate of drug-likeness (QED) is 0.845. The smallest absolute Gasteiger partial charge is 0.267 e. The van der Waals surface area contributed by atoms with Crippen LogP contribution >= 0.6 is 0 Å². The number of aromatic nitrogens is 3. The summed E-state index contributed by atoms with van der Waals surface area (Å²) in [6, 6.07) is 3.17. The van der Waals surface area contributed by atoms with Crippen molar-refractivity contribution in [1.82, 2.24) is 15.0 Å². The third kappa shape index (κ3) is 2.54. The van der Waals surface area contributed by atoms with E-state index in [9.17, 15) is 8.42 Å². The van der Waals surface area contributed by atoms with Crippen LogP contribution in [0, 0.1) is 0 Å². The highest BCUT2D eigenvalue weighted by Crippen LogP contribution is 2.20. The zero-order valence-corrected chi connectivity index (χ0v) is 10.3. The van der Waals surface area contributed by atoms with E-state index in [2.05, 4.69) is 25.0 Å². The van der Waals surface area contributed by atoms with Crippen LogP contribution in [0.1, 0.15) is 0 Å². The van der Waals surface area contributed by atoms with E-state index >= 15 is 0 Å². The first-order valence-electron chi connectivity index (χ1n) is 5.05. The number of anilines is 2. The number of hydrogen-bond acceptors (Lipinski definition) is 6. The summed E-state index contributed by atoms with van der Waals surface area (Å²) >= 11 is 0. The Hall–Kier alpha value is -2.22.